The molecule has 0 fully saturated rings. The summed E-state index contributed by atoms with van der Waals surface area (Å²) in [6.07, 6.45) is 0. The van der Waals surface area contributed by atoms with E-state index in [0.29, 0.717) is 5.82 Å². The molecule has 0 N–H and O–H groups in total. The van der Waals surface area contributed by atoms with Gasteiger partial charge >= 0.3 is 0 Å². The van der Waals surface area contributed by atoms with Gasteiger partial charge in [-0.1, -0.05) is 53.2 Å². The van der Waals surface area contributed by atoms with Crippen LogP contribution < -0.4 is 0 Å². The minimum Gasteiger partial charge on any atom is -0.338 e. The summed E-state index contributed by atoms with van der Waals surface area (Å²) in [4.78, 5) is 4.40. The van der Waals surface area contributed by atoms with Crippen molar-refractivity contribution < 1.29 is 12.9 Å². The molecule has 22 heavy (non-hydrogen) atoms. The van der Waals surface area contributed by atoms with Crippen molar-refractivity contribution in [3.63, 3.8) is 0 Å². The van der Waals surface area contributed by atoms with Gasteiger partial charge in [-0.05, 0) is 19.1 Å². The van der Waals surface area contributed by atoms with Gasteiger partial charge in [0.25, 0.3) is 0 Å². The predicted molar refractivity (Wildman–Crippen MR) is 81.8 cm³/mol. The molecule has 0 amide bonds. The van der Waals surface area contributed by atoms with Crippen LogP contribution in [0.2, 0.25) is 0 Å². The third kappa shape index (κ3) is 3.07. The smallest absolute Gasteiger partial charge is 0.242 e. The predicted octanol–water partition coefficient (Wildman–Crippen LogP) is 3.02. The number of rotatable bonds is 4. The molecule has 5 nitrogen and oxygen atoms in total. The summed E-state index contributed by atoms with van der Waals surface area (Å²) in [7, 11) is -3.49. The Hall–Kier alpha value is -2.47. The largest absolute Gasteiger partial charge is 0.338 e. The second-order valence-electron chi connectivity index (χ2n) is 4.95. The quantitative estimate of drug-likeness (QED) is 0.740. The van der Waals surface area contributed by atoms with E-state index in [1.807, 2.05) is 31.2 Å². The Balaban J connectivity index is 1.84. The zero-order chi connectivity index (χ0) is 15.6. The standard InChI is InChI=1S/C16H14N2O3S/c1-12-7-9-13(10-8-12)16-17-15(21-18-16)11-22(19,20)14-5-3-2-4-6-14/h2-10H,11H2,1H3. The van der Waals surface area contributed by atoms with Crippen LogP contribution in [-0.2, 0) is 15.6 Å². The minimum atomic E-state index is -3.49. The Morgan fingerprint density at radius 1 is 1.00 bits per heavy atom. The van der Waals surface area contributed by atoms with E-state index < -0.39 is 9.84 Å². The molecule has 2 aromatic carbocycles. The summed E-state index contributed by atoms with van der Waals surface area (Å²) in [6.45, 7) is 1.98. The van der Waals surface area contributed by atoms with E-state index in [2.05, 4.69) is 10.1 Å². The topological polar surface area (TPSA) is 73.1 Å². The third-order valence-electron chi connectivity index (χ3n) is 3.19. The van der Waals surface area contributed by atoms with E-state index in [4.69, 9.17) is 4.52 Å². The fourth-order valence-electron chi connectivity index (χ4n) is 2.01. The van der Waals surface area contributed by atoms with E-state index in [0.717, 1.165) is 11.1 Å². The highest BCUT2D eigenvalue weighted by Crippen LogP contribution is 2.19. The maximum atomic E-state index is 12.3. The maximum Gasteiger partial charge on any atom is 0.242 e. The molecule has 0 spiro atoms. The van der Waals surface area contributed by atoms with Crippen LogP contribution in [0.1, 0.15) is 11.5 Å². The lowest BCUT2D eigenvalue weighted by Gasteiger charge is -2.00. The number of sulfone groups is 1. The van der Waals surface area contributed by atoms with Gasteiger partial charge in [0.2, 0.25) is 11.7 Å². The number of aryl methyl sites for hydroxylation is 1. The molecule has 1 heterocycles. The Kier molecular flexibility index (Phi) is 3.77. The van der Waals surface area contributed by atoms with Crippen molar-refractivity contribution in [2.24, 2.45) is 0 Å². The lowest BCUT2D eigenvalue weighted by atomic mass is 10.1. The first kappa shape index (κ1) is 14.5. The van der Waals surface area contributed by atoms with Gasteiger partial charge in [0.1, 0.15) is 5.75 Å². The molecule has 1 aromatic heterocycles. The molecule has 0 unspecified atom stereocenters. The zero-order valence-electron chi connectivity index (χ0n) is 11.9. The normalized spacial score (nSPS) is 11.5. The molecule has 0 aliphatic rings. The minimum absolute atomic E-state index is 0.0828. The van der Waals surface area contributed by atoms with Crippen LogP contribution in [-0.4, -0.2) is 18.6 Å². The highest BCUT2D eigenvalue weighted by Gasteiger charge is 2.19. The second-order valence-corrected chi connectivity index (χ2v) is 6.94. The Morgan fingerprint density at radius 2 is 1.68 bits per heavy atom. The number of benzene rings is 2. The van der Waals surface area contributed by atoms with Crippen LogP contribution in [0.3, 0.4) is 0 Å². The Morgan fingerprint density at radius 3 is 2.36 bits per heavy atom. The van der Waals surface area contributed by atoms with Crippen LogP contribution in [0.4, 0.5) is 0 Å². The summed E-state index contributed by atoms with van der Waals surface area (Å²) >= 11 is 0. The van der Waals surface area contributed by atoms with Gasteiger partial charge < -0.3 is 4.52 Å². The van der Waals surface area contributed by atoms with Crippen LogP contribution in [0.25, 0.3) is 11.4 Å². The second kappa shape index (κ2) is 5.73. The molecule has 0 saturated carbocycles. The van der Waals surface area contributed by atoms with Gasteiger partial charge in [0.15, 0.2) is 9.84 Å². The summed E-state index contributed by atoms with van der Waals surface area (Å²) in [6, 6.07) is 15.8. The molecule has 0 saturated heterocycles. The van der Waals surface area contributed by atoms with Gasteiger partial charge in [-0.2, -0.15) is 4.98 Å². The summed E-state index contributed by atoms with van der Waals surface area (Å²) in [5.41, 5.74) is 1.91. The van der Waals surface area contributed by atoms with Crippen molar-refractivity contribution in [3.05, 3.63) is 66.1 Å². The molecule has 0 radical (unpaired) electrons. The van der Waals surface area contributed by atoms with Crippen LogP contribution in [0.5, 0.6) is 0 Å². The molecule has 112 valence electrons. The summed E-state index contributed by atoms with van der Waals surface area (Å²) < 4.78 is 29.6. The molecular formula is C16H14N2O3S. The molecule has 0 aliphatic carbocycles. The highest BCUT2D eigenvalue weighted by atomic mass is 32.2. The zero-order valence-corrected chi connectivity index (χ0v) is 12.7. The fraction of sp³-hybridized carbons (Fsp3) is 0.125. The first-order chi connectivity index (χ1) is 10.5. The monoisotopic (exact) mass is 314 g/mol. The summed E-state index contributed by atoms with van der Waals surface area (Å²) in [5, 5.41) is 3.84. The van der Waals surface area contributed by atoms with Crippen LogP contribution >= 0.6 is 0 Å². The van der Waals surface area contributed by atoms with Crippen molar-refractivity contribution in [3.8, 4) is 11.4 Å². The van der Waals surface area contributed by atoms with E-state index in [9.17, 15) is 8.42 Å². The van der Waals surface area contributed by atoms with Gasteiger partial charge in [-0.25, -0.2) is 8.42 Å². The Labute approximate surface area is 128 Å². The van der Waals surface area contributed by atoms with Crippen LogP contribution in [0, 0.1) is 6.92 Å². The van der Waals surface area contributed by atoms with Crippen molar-refractivity contribution >= 4 is 9.84 Å². The number of nitrogens with zero attached hydrogens (tertiary/aromatic N) is 2. The lowest BCUT2D eigenvalue weighted by Crippen LogP contribution is -2.05. The average Bonchev–Trinajstić information content (AvgIpc) is 2.97. The van der Waals surface area contributed by atoms with Gasteiger partial charge in [0.05, 0.1) is 4.90 Å². The molecule has 0 atom stereocenters. The van der Waals surface area contributed by atoms with E-state index in [1.54, 1.807) is 30.3 Å². The lowest BCUT2D eigenvalue weighted by molar-refractivity contribution is 0.389. The third-order valence-corrected chi connectivity index (χ3v) is 4.81. The van der Waals surface area contributed by atoms with Gasteiger partial charge in [0, 0.05) is 5.56 Å². The summed E-state index contributed by atoms with van der Waals surface area (Å²) in [5.74, 6) is 0.160. The number of aromatic nitrogens is 2. The molecular weight excluding hydrogens is 300 g/mol. The van der Waals surface area contributed by atoms with E-state index in [-0.39, 0.29) is 16.5 Å². The number of hydrogen-bond acceptors (Lipinski definition) is 5. The SMILES string of the molecule is Cc1ccc(-c2noc(CS(=O)(=O)c3ccccc3)n2)cc1. The van der Waals surface area contributed by atoms with E-state index >= 15 is 0 Å². The average molecular weight is 314 g/mol. The molecule has 3 aromatic rings. The van der Waals surface area contributed by atoms with Gasteiger partial charge in [-0.15, -0.1) is 0 Å². The number of hydrogen-bond donors (Lipinski definition) is 0. The van der Waals surface area contributed by atoms with Crippen LogP contribution in [0.15, 0.2) is 64.0 Å². The first-order valence-electron chi connectivity index (χ1n) is 6.72. The maximum absolute atomic E-state index is 12.3. The van der Waals surface area contributed by atoms with E-state index in [1.165, 1.54) is 0 Å². The highest BCUT2D eigenvalue weighted by molar-refractivity contribution is 7.90. The van der Waals surface area contributed by atoms with Crippen molar-refractivity contribution in [1.29, 1.82) is 0 Å². The Bertz CT molecular complexity index is 869. The van der Waals surface area contributed by atoms with Gasteiger partial charge in [-0.3, -0.25) is 0 Å². The molecule has 3 rings (SSSR count). The molecule has 0 aliphatic heterocycles. The van der Waals surface area contributed by atoms with Crippen molar-refractivity contribution in [2.75, 3.05) is 0 Å². The fourth-order valence-corrected chi connectivity index (χ4v) is 3.19. The van der Waals surface area contributed by atoms with Crippen molar-refractivity contribution in [1.82, 2.24) is 10.1 Å². The molecule has 0 bridgehead atoms. The first-order valence-corrected chi connectivity index (χ1v) is 8.37. The molecule has 6 heteroatoms. The van der Waals surface area contributed by atoms with Crippen molar-refractivity contribution in [2.45, 2.75) is 17.6 Å².